The number of anilines is 1. The first kappa shape index (κ1) is 15.5. The van der Waals surface area contributed by atoms with E-state index in [9.17, 15) is 14.3 Å². The van der Waals surface area contributed by atoms with Crippen LogP contribution in [0.15, 0.2) is 30.5 Å². The van der Waals surface area contributed by atoms with Crippen molar-refractivity contribution in [1.29, 1.82) is 0 Å². The van der Waals surface area contributed by atoms with E-state index in [1.165, 1.54) is 12.1 Å². The van der Waals surface area contributed by atoms with Gasteiger partial charge in [0.1, 0.15) is 5.82 Å². The number of aromatic nitrogens is 2. The second kappa shape index (κ2) is 6.24. The summed E-state index contributed by atoms with van der Waals surface area (Å²) < 4.78 is 15.3. The van der Waals surface area contributed by atoms with Crippen molar-refractivity contribution in [3.63, 3.8) is 0 Å². The molecule has 1 aromatic heterocycles. The summed E-state index contributed by atoms with van der Waals surface area (Å²) in [5, 5.41) is 16.7. The molecule has 112 valence electrons. The molecule has 2 aromatic rings. The molecule has 1 heterocycles. The van der Waals surface area contributed by atoms with Gasteiger partial charge in [-0.05, 0) is 26.0 Å². The van der Waals surface area contributed by atoms with Gasteiger partial charge in [0, 0.05) is 28.9 Å². The van der Waals surface area contributed by atoms with E-state index in [4.69, 9.17) is 11.6 Å². The normalized spacial score (nSPS) is 12.5. The number of hydrogen-bond acceptors (Lipinski definition) is 3. The van der Waals surface area contributed by atoms with E-state index in [0.29, 0.717) is 5.82 Å². The predicted octanol–water partition coefficient (Wildman–Crippen LogP) is 2.93. The Kier molecular flexibility index (Phi) is 4.59. The molecule has 5 nitrogen and oxygen atoms in total. The number of amides is 1. The number of nitrogens with one attached hydrogen (secondary N) is 1. The Morgan fingerprint density at radius 2 is 2.14 bits per heavy atom. The minimum atomic E-state index is -1.63. The van der Waals surface area contributed by atoms with Gasteiger partial charge in [0.15, 0.2) is 11.9 Å². The summed E-state index contributed by atoms with van der Waals surface area (Å²) in [5.74, 6) is -1.20. The molecule has 1 unspecified atom stereocenters. The largest absolute Gasteiger partial charge is 0.378 e. The Hall–Kier alpha value is -1.92. The van der Waals surface area contributed by atoms with Crippen molar-refractivity contribution >= 4 is 23.3 Å². The fourth-order valence-electron chi connectivity index (χ4n) is 1.75. The number of nitrogens with zero attached hydrogens (tertiary/aromatic N) is 2. The van der Waals surface area contributed by atoms with Gasteiger partial charge in [-0.1, -0.05) is 17.7 Å². The monoisotopic (exact) mass is 311 g/mol. The zero-order valence-electron chi connectivity index (χ0n) is 11.5. The van der Waals surface area contributed by atoms with Crippen LogP contribution in [0.2, 0.25) is 5.02 Å². The summed E-state index contributed by atoms with van der Waals surface area (Å²) in [7, 11) is 0. The number of carbonyl (C=O) groups is 1. The molecule has 1 aromatic carbocycles. The van der Waals surface area contributed by atoms with Crippen LogP contribution in [0, 0.1) is 5.82 Å². The molecule has 0 radical (unpaired) electrons. The number of carbonyl (C=O) groups excluding carboxylic acids is 1. The fraction of sp³-hybridized carbons (Fsp3) is 0.286. The molecule has 0 spiro atoms. The number of hydrogen-bond donors (Lipinski definition) is 2. The predicted molar refractivity (Wildman–Crippen MR) is 77.6 cm³/mol. The maximum Gasteiger partial charge on any atom is 0.259 e. The molecule has 0 fully saturated rings. The van der Waals surface area contributed by atoms with Gasteiger partial charge in [0.2, 0.25) is 0 Å². The zero-order valence-corrected chi connectivity index (χ0v) is 12.3. The van der Waals surface area contributed by atoms with Crippen LogP contribution in [0.3, 0.4) is 0 Å². The maximum atomic E-state index is 13.7. The van der Waals surface area contributed by atoms with E-state index < -0.39 is 17.8 Å². The number of benzene rings is 1. The molecule has 21 heavy (non-hydrogen) atoms. The zero-order chi connectivity index (χ0) is 15.6. The Labute approximate surface area is 126 Å². The Balaban J connectivity index is 2.11. The van der Waals surface area contributed by atoms with Crippen molar-refractivity contribution in [3.05, 3.63) is 46.9 Å². The van der Waals surface area contributed by atoms with E-state index in [-0.39, 0.29) is 16.6 Å². The van der Waals surface area contributed by atoms with Gasteiger partial charge in [0.05, 0.1) is 0 Å². The van der Waals surface area contributed by atoms with Crippen molar-refractivity contribution in [2.24, 2.45) is 0 Å². The molecule has 0 saturated carbocycles. The lowest BCUT2D eigenvalue weighted by molar-refractivity contribution is -0.124. The second-order valence-electron chi connectivity index (χ2n) is 4.83. The molecule has 0 aliphatic heterocycles. The third kappa shape index (κ3) is 3.59. The smallest absolute Gasteiger partial charge is 0.259 e. The maximum absolute atomic E-state index is 13.7. The minimum Gasteiger partial charge on any atom is -0.378 e. The van der Waals surface area contributed by atoms with Crippen molar-refractivity contribution in [2.75, 3.05) is 5.32 Å². The molecule has 1 amide bonds. The molecule has 1 atom stereocenters. The van der Waals surface area contributed by atoms with Gasteiger partial charge < -0.3 is 10.4 Å². The van der Waals surface area contributed by atoms with Crippen LogP contribution in [-0.4, -0.2) is 20.8 Å². The van der Waals surface area contributed by atoms with Gasteiger partial charge in [-0.2, -0.15) is 5.10 Å². The summed E-state index contributed by atoms with van der Waals surface area (Å²) in [4.78, 5) is 11.9. The topological polar surface area (TPSA) is 67.2 Å². The molecule has 0 aliphatic rings. The Bertz CT molecular complexity index is 657. The summed E-state index contributed by atoms with van der Waals surface area (Å²) in [5.41, 5.74) is -0.139. The number of rotatable bonds is 4. The lowest BCUT2D eigenvalue weighted by atomic mass is 10.1. The van der Waals surface area contributed by atoms with Crippen LogP contribution in [0.4, 0.5) is 10.2 Å². The summed E-state index contributed by atoms with van der Waals surface area (Å²) in [6, 6.07) is 5.47. The van der Waals surface area contributed by atoms with Crippen LogP contribution in [-0.2, 0) is 4.79 Å². The molecule has 0 bridgehead atoms. The van der Waals surface area contributed by atoms with Gasteiger partial charge >= 0.3 is 0 Å². The summed E-state index contributed by atoms with van der Waals surface area (Å²) in [6.07, 6.45) is 0.0710. The summed E-state index contributed by atoms with van der Waals surface area (Å²) >= 11 is 5.63. The van der Waals surface area contributed by atoms with Gasteiger partial charge in [-0.15, -0.1) is 0 Å². The quantitative estimate of drug-likeness (QED) is 0.912. The second-order valence-corrected chi connectivity index (χ2v) is 5.27. The van der Waals surface area contributed by atoms with Crippen LogP contribution in [0.1, 0.15) is 31.6 Å². The highest BCUT2D eigenvalue weighted by Crippen LogP contribution is 2.22. The minimum absolute atomic E-state index is 0.139. The average Bonchev–Trinajstić information content (AvgIpc) is 2.86. The number of halogens is 2. The van der Waals surface area contributed by atoms with Crippen LogP contribution in [0.5, 0.6) is 0 Å². The standard InChI is InChI=1S/C14H15ClFN3O2/c1-8(2)19-6-5-12(18-19)17-14(21)13(20)10-4-3-9(15)7-11(10)16/h3-8,13,20H,1-2H3,(H,17,18,21). The lowest BCUT2D eigenvalue weighted by Gasteiger charge is -2.11. The molecule has 2 rings (SSSR count). The van der Waals surface area contributed by atoms with E-state index in [2.05, 4.69) is 10.4 Å². The van der Waals surface area contributed by atoms with Crippen molar-refractivity contribution in [3.8, 4) is 0 Å². The van der Waals surface area contributed by atoms with Crippen LogP contribution in [0.25, 0.3) is 0 Å². The Morgan fingerprint density at radius 1 is 1.43 bits per heavy atom. The molecule has 0 saturated heterocycles. The van der Waals surface area contributed by atoms with Gasteiger partial charge in [-0.25, -0.2) is 4.39 Å². The number of aliphatic hydroxyl groups excluding tert-OH is 1. The van der Waals surface area contributed by atoms with E-state index in [0.717, 1.165) is 6.07 Å². The molecule has 7 heteroatoms. The first-order chi connectivity index (χ1) is 9.88. The van der Waals surface area contributed by atoms with E-state index >= 15 is 0 Å². The SMILES string of the molecule is CC(C)n1ccc(NC(=O)C(O)c2ccc(Cl)cc2F)n1. The first-order valence-electron chi connectivity index (χ1n) is 6.37. The van der Waals surface area contributed by atoms with Crippen LogP contribution >= 0.6 is 11.6 Å². The van der Waals surface area contributed by atoms with Crippen molar-refractivity contribution < 1.29 is 14.3 Å². The van der Waals surface area contributed by atoms with Gasteiger partial charge in [0.25, 0.3) is 5.91 Å². The molecular weight excluding hydrogens is 297 g/mol. The molecule has 0 aliphatic carbocycles. The van der Waals surface area contributed by atoms with Crippen molar-refractivity contribution in [1.82, 2.24) is 9.78 Å². The lowest BCUT2D eigenvalue weighted by Crippen LogP contribution is -2.22. The Morgan fingerprint density at radius 3 is 2.71 bits per heavy atom. The third-order valence-electron chi connectivity index (χ3n) is 2.89. The highest BCUT2D eigenvalue weighted by molar-refractivity contribution is 6.30. The van der Waals surface area contributed by atoms with E-state index in [1.807, 2.05) is 13.8 Å². The fourth-order valence-corrected chi connectivity index (χ4v) is 1.91. The molecular formula is C14H15ClFN3O2. The number of aliphatic hydroxyl groups is 1. The van der Waals surface area contributed by atoms with E-state index in [1.54, 1.807) is 16.9 Å². The van der Waals surface area contributed by atoms with Crippen LogP contribution < -0.4 is 5.32 Å². The summed E-state index contributed by atoms with van der Waals surface area (Å²) in [6.45, 7) is 3.88. The third-order valence-corrected chi connectivity index (χ3v) is 3.13. The highest BCUT2D eigenvalue weighted by Gasteiger charge is 2.22. The van der Waals surface area contributed by atoms with Crippen molar-refractivity contribution in [2.45, 2.75) is 26.0 Å². The average molecular weight is 312 g/mol. The highest BCUT2D eigenvalue weighted by atomic mass is 35.5. The van der Waals surface area contributed by atoms with Gasteiger partial charge in [-0.3, -0.25) is 9.48 Å². The first-order valence-corrected chi connectivity index (χ1v) is 6.75. The molecule has 2 N–H and O–H groups in total.